The van der Waals surface area contributed by atoms with E-state index in [1.54, 1.807) is 8.90 Å². The zero-order valence-electron chi connectivity index (χ0n) is 11.0. The molecule has 0 N–H and O–H groups in total. The summed E-state index contributed by atoms with van der Waals surface area (Å²) in [5, 5.41) is 0. The Morgan fingerprint density at radius 1 is 1.33 bits per heavy atom. The first kappa shape index (κ1) is 18.4. The maximum atomic E-state index is 2.56. The molecule has 98 valence electrons. The number of halogens is 2. The molecule has 1 unspecified atom stereocenters. The number of hydrogen-bond donors (Lipinski definition) is 0. The van der Waals surface area contributed by atoms with Crippen LogP contribution >= 0.6 is 0 Å². The van der Waals surface area contributed by atoms with Crippen LogP contribution in [-0.4, -0.2) is 0 Å². The molecule has 2 aliphatic carbocycles. The van der Waals surface area contributed by atoms with Crippen molar-refractivity contribution in [1.29, 1.82) is 0 Å². The number of hydrogen-bond acceptors (Lipinski definition) is 0. The van der Waals surface area contributed by atoms with Crippen LogP contribution in [0.2, 0.25) is 3.17 Å². The Kier molecular flexibility index (Phi) is 8.75. The van der Waals surface area contributed by atoms with E-state index in [9.17, 15) is 0 Å². The van der Waals surface area contributed by atoms with Gasteiger partial charge in [-0.25, -0.2) is 0 Å². The summed E-state index contributed by atoms with van der Waals surface area (Å²) in [5.74, 6) is 0. The Morgan fingerprint density at radius 2 is 2.11 bits per heavy atom. The van der Waals surface area contributed by atoms with Gasteiger partial charge in [-0.2, -0.15) is 0 Å². The van der Waals surface area contributed by atoms with E-state index in [0.717, 1.165) is 0 Å². The first-order valence-corrected chi connectivity index (χ1v) is 9.86. The summed E-state index contributed by atoms with van der Waals surface area (Å²) >= 11 is -0.687. The Labute approximate surface area is 135 Å². The second kappa shape index (κ2) is 8.55. The van der Waals surface area contributed by atoms with Crippen molar-refractivity contribution in [3.8, 4) is 0 Å². The molecule has 1 atom stereocenters. The fraction of sp³-hybridized carbons (Fsp3) is 0.467. The molecular formula is C15H20Cl2Hf. The molecule has 0 bridgehead atoms. The van der Waals surface area contributed by atoms with Crippen molar-refractivity contribution in [2.45, 2.75) is 42.7 Å². The van der Waals surface area contributed by atoms with Crippen LogP contribution in [0.3, 0.4) is 0 Å². The molecule has 0 aliphatic heterocycles. The van der Waals surface area contributed by atoms with E-state index in [1.165, 1.54) is 25.7 Å². The average Bonchev–Trinajstić information content (AvgIpc) is 2.86. The van der Waals surface area contributed by atoms with E-state index < -0.39 is 22.9 Å². The summed E-state index contributed by atoms with van der Waals surface area (Å²) in [6.07, 6.45) is 19.5. The van der Waals surface area contributed by atoms with Gasteiger partial charge in [0.2, 0.25) is 0 Å². The van der Waals surface area contributed by atoms with Crippen molar-refractivity contribution >= 4 is 0 Å². The van der Waals surface area contributed by atoms with E-state index >= 15 is 0 Å². The van der Waals surface area contributed by atoms with Crippen molar-refractivity contribution < 1.29 is 47.7 Å². The summed E-state index contributed by atoms with van der Waals surface area (Å²) in [7, 11) is 0. The molecule has 0 amide bonds. The zero-order chi connectivity index (χ0) is 11.4. The van der Waals surface area contributed by atoms with E-state index in [1.807, 2.05) is 0 Å². The van der Waals surface area contributed by atoms with Gasteiger partial charge in [-0.1, -0.05) is 0 Å². The fourth-order valence-electron chi connectivity index (χ4n) is 2.26. The van der Waals surface area contributed by atoms with Gasteiger partial charge in [0.15, 0.2) is 0 Å². The largest absolute Gasteiger partial charge is 1.00 e. The van der Waals surface area contributed by atoms with E-state index in [0.29, 0.717) is 3.17 Å². The third kappa shape index (κ3) is 5.19. The second-order valence-electron chi connectivity index (χ2n) is 4.89. The monoisotopic (exact) mass is 450 g/mol. The zero-order valence-corrected chi connectivity index (χ0v) is 16.2. The molecular weight excluding hydrogens is 430 g/mol. The quantitative estimate of drug-likeness (QED) is 0.462. The molecule has 0 aromatic carbocycles. The van der Waals surface area contributed by atoms with Gasteiger partial charge in [0.1, 0.15) is 0 Å². The average molecular weight is 450 g/mol. The van der Waals surface area contributed by atoms with E-state index in [4.69, 9.17) is 0 Å². The SMILES string of the molecule is CCCCC1=C[C](C)([Hf+2][C]2=CC=CC2)C=C1.[Cl-].[Cl-]. The molecule has 0 heterocycles. The predicted molar refractivity (Wildman–Crippen MR) is 67.0 cm³/mol. The first-order valence-electron chi connectivity index (χ1n) is 6.27. The summed E-state index contributed by atoms with van der Waals surface area (Å²) < 4.78 is 2.24. The maximum Gasteiger partial charge on any atom is -1.00 e. The van der Waals surface area contributed by atoms with Crippen LogP contribution in [0.4, 0.5) is 0 Å². The number of allylic oxidation sites excluding steroid dienone is 8. The van der Waals surface area contributed by atoms with E-state index in [2.05, 4.69) is 50.3 Å². The Morgan fingerprint density at radius 3 is 2.72 bits per heavy atom. The molecule has 2 rings (SSSR count). The molecule has 0 aromatic rings. The first-order chi connectivity index (χ1) is 7.72. The predicted octanol–water partition coefficient (Wildman–Crippen LogP) is -1.21. The molecule has 3 heteroatoms. The van der Waals surface area contributed by atoms with Crippen LogP contribution in [0.1, 0.15) is 39.5 Å². The molecule has 0 aromatic heterocycles. The standard InChI is InChI=1S/C10H15.C5H5.2ClH.Hf/c1-3-4-5-10-7-6-9(2)8-10;1-2-4-5-3-1;;;/h6-8H,3-5H2,1-2H3;1-3H,4H2;2*1H;/q;;;;+2/p-2. The van der Waals surface area contributed by atoms with Crippen LogP contribution in [0.15, 0.2) is 45.4 Å². The summed E-state index contributed by atoms with van der Waals surface area (Å²) in [5.41, 5.74) is 1.59. The van der Waals surface area contributed by atoms with E-state index in [-0.39, 0.29) is 24.8 Å². The topological polar surface area (TPSA) is 0 Å². The van der Waals surface area contributed by atoms with Crippen molar-refractivity contribution in [1.82, 2.24) is 0 Å². The molecule has 0 nitrogen and oxygen atoms in total. The molecule has 0 spiro atoms. The second-order valence-corrected chi connectivity index (χ2v) is 12.0. The van der Waals surface area contributed by atoms with Gasteiger partial charge in [0.05, 0.1) is 0 Å². The summed E-state index contributed by atoms with van der Waals surface area (Å²) in [4.78, 5) is 0. The van der Waals surface area contributed by atoms with Gasteiger partial charge < -0.3 is 24.8 Å². The number of unbranched alkanes of at least 4 members (excludes halogenated alkanes) is 1. The molecule has 0 saturated heterocycles. The van der Waals surface area contributed by atoms with Gasteiger partial charge in [0, 0.05) is 0 Å². The Bertz CT molecular complexity index is 380. The van der Waals surface area contributed by atoms with Gasteiger partial charge in [-0.3, -0.25) is 0 Å². The van der Waals surface area contributed by atoms with Crippen LogP contribution in [0.25, 0.3) is 0 Å². The van der Waals surface area contributed by atoms with Crippen LogP contribution in [-0.2, 0) is 22.9 Å². The van der Waals surface area contributed by atoms with Crippen molar-refractivity contribution in [2.75, 3.05) is 0 Å². The smallest absolute Gasteiger partial charge is 1.00 e. The minimum Gasteiger partial charge on any atom is -1.00 e. The Balaban J connectivity index is 0.00000144. The third-order valence-corrected chi connectivity index (χ3v) is 8.69. The summed E-state index contributed by atoms with van der Waals surface area (Å²) in [6.45, 7) is 4.70. The summed E-state index contributed by atoms with van der Waals surface area (Å²) in [6, 6.07) is 0. The molecule has 2 aliphatic rings. The van der Waals surface area contributed by atoms with Crippen LogP contribution in [0, 0.1) is 0 Å². The normalized spacial score (nSPS) is 23.9. The molecule has 18 heavy (non-hydrogen) atoms. The minimum atomic E-state index is -0.687. The third-order valence-electron chi connectivity index (χ3n) is 3.15. The molecule has 0 fully saturated rings. The van der Waals surface area contributed by atoms with Crippen LogP contribution < -0.4 is 24.8 Å². The van der Waals surface area contributed by atoms with Crippen LogP contribution in [0.5, 0.6) is 0 Å². The fourth-order valence-corrected chi connectivity index (χ4v) is 7.71. The van der Waals surface area contributed by atoms with Gasteiger partial charge in [0.25, 0.3) is 0 Å². The van der Waals surface area contributed by atoms with Gasteiger partial charge >= 0.3 is 111 Å². The molecule has 0 radical (unpaired) electrons. The number of rotatable bonds is 5. The minimum absolute atomic E-state index is 0. The van der Waals surface area contributed by atoms with Crippen molar-refractivity contribution in [2.24, 2.45) is 0 Å². The van der Waals surface area contributed by atoms with Crippen molar-refractivity contribution in [3.63, 3.8) is 0 Å². The molecule has 0 saturated carbocycles. The van der Waals surface area contributed by atoms with Gasteiger partial charge in [-0.15, -0.1) is 0 Å². The van der Waals surface area contributed by atoms with Gasteiger partial charge in [-0.05, 0) is 0 Å². The Hall–Kier alpha value is 0.410. The maximum absolute atomic E-state index is 2.56. The van der Waals surface area contributed by atoms with Crippen molar-refractivity contribution in [3.05, 3.63) is 45.4 Å².